The minimum atomic E-state index is -0.188. The molecule has 0 atom stereocenters. The quantitative estimate of drug-likeness (QED) is 0.603. The molecule has 1 aromatic carbocycles. The number of hydrogen-bond acceptors (Lipinski definition) is 6. The van der Waals surface area contributed by atoms with E-state index >= 15 is 0 Å². The van der Waals surface area contributed by atoms with Crippen LogP contribution in [0.1, 0.15) is 5.56 Å². The predicted molar refractivity (Wildman–Crippen MR) is 105 cm³/mol. The van der Waals surface area contributed by atoms with Crippen molar-refractivity contribution in [2.45, 2.75) is 6.54 Å². The van der Waals surface area contributed by atoms with Crippen LogP contribution in [-0.4, -0.2) is 46.2 Å². The molecule has 0 fully saturated rings. The molecule has 28 heavy (non-hydrogen) atoms. The van der Waals surface area contributed by atoms with Crippen molar-refractivity contribution in [3.05, 3.63) is 60.7 Å². The Morgan fingerprint density at radius 3 is 2.64 bits per heavy atom. The van der Waals surface area contributed by atoms with Gasteiger partial charge in [-0.25, -0.2) is 15.0 Å². The van der Waals surface area contributed by atoms with Gasteiger partial charge in [0.05, 0.1) is 14.2 Å². The van der Waals surface area contributed by atoms with Gasteiger partial charge in [-0.3, -0.25) is 4.79 Å². The van der Waals surface area contributed by atoms with Crippen LogP contribution in [0.2, 0.25) is 0 Å². The van der Waals surface area contributed by atoms with Crippen LogP contribution in [0.15, 0.2) is 55.1 Å². The molecule has 0 saturated carbocycles. The van der Waals surface area contributed by atoms with Crippen LogP contribution in [0.25, 0.3) is 17.7 Å². The second-order valence-electron chi connectivity index (χ2n) is 5.76. The number of rotatable bonds is 8. The zero-order chi connectivity index (χ0) is 19.8. The lowest BCUT2D eigenvalue weighted by Crippen LogP contribution is -2.25. The first-order valence-corrected chi connectivity index (χ1v) is 8.67. The van der Waals surface area contributed by atoms with Crippen molar-refractivity contribution in [3.63, 3.8) is 0 Å². The van der Waals surface area contributed by atoms with E-state index in [9.17, 15) is 4.79 Å². The Balaban J connectivity index is 1.54. The zero-order valence-electron chi connectivity index (χ0n) is 15.7. The standard InChI is InChI=1S/C20H21N5O3/c1-27-16-6-4-15(14-17(16)28-2)5-7-18(26)21-10-12-25-13-11-24-20(25)19-22-8-3-9-23-19/h3-9,11,13-14H,10,12H2,1-2H3,(H,21,26)/b7-5+. The molecular weight excluding hydrogens is 358 g/mol. The van der Waals surface area contributed by atoms with E-state index in [-0.39, 0.29) is 5.91 Å². The number of nitrogens with zero attached hydrogens (tertiary/aromatic N) is 4. The lowest BCUT2D eigenvalue weighted by molar-refractivity contribution is -0.116. The molecular formula is C20H21N5O3. The molecule has 0 saturated heterocycles. The third-order valence-corrected chi connectivity index (χ3v) is 3.97. The highest BCUT2D eigenvalue weighted by molar-refractivity contribution is 5.91. The van der Waals surface area contributed by atoms with Gasteiger partial charge in [0.2, 0.25) is 5.91 Å². The molecule has 0 aliphatic heterocycles. The summed E-state index contributed by atoms with van der Waals surface area (Å²) >= 11 is 0. The molecule has 0 radical (unpaired) electrons. The van der Waals surface area contributed by atoms with Crippen LogP contribution in [0.4, 0.5) is 0 Å². The minimum Gasteiger partial charge on any atom is -0.493 e. The Morgan fingerprint density at radius 2 is 1.89 bits per heavy atom. The Morgan fingerprint density at radius 1 is 1.11 bits per heavy atom. The van der Waals surface area contributed by atoms with Crippen molar-refractivity contribution in [1.29, 1.82) is 0 Å². The number of ether oxygens (including phenoxy) is 2. The number of hydrogen-bond donors (Lipinski definition) is 1. The molecule has 0 aliphatic rings. The van der Waals surface area contributed by atoms with E-state index in [4.69, 9.17) is 9.47 Å². The summed E-state index contributed by atoms with van der Waals surface area (Å²) in [5.41, 5.74) is 0.839. The summed E-state index contributed by atoms with van der Waals surface area (Å²) in [4.78, 5) is 24.8. The SMILES string of the molecule is COc1ccc(/C=C/C(=O)NCCn2ccnc2-c2ncccn2)cc1OC. The lowest BCUT2D eigenvalue weighted by Gasteiger charge is -2.08. The van der Waals surface area contributed by atoms with E-state index in [1.165, 1.54) is 6.08 Å². The van der Waals surface area contributed by atoms with E-state index in [1.54, 1.807) is 57.1 Å². The molecule has 144 valence electrons. The number of benzene rings is 1. The maximum Gasteiger partial charge on any atom is 0.244 e. The van der Waals surface area contributed by atoms with Gasteiger partial charge in [-0.05, 0) is 29.8 Å². The Labute approximate surface area is 162 Å². The van der Waals surface area contributed by atoms with E-state index in [0.29, 0.717) is 36.2 Å². The van der Waals surface area contributed by atoms with Gasteiger partial charge in [0.15, 0.2) is 23.1 Å². The highest BCUT2D eigenvalue weighted by Gasteiger charge is 2.08. The average Bonchev–Trinajstić information content (AvgIpc) is 3.21. The highest BCUT2D eigenvalue weighted by Crippen LogP contribution is 2.27. The van der Waals surface area contributed by atoms with Gasteiger partial charge in [0.25, 0.3) is 0 Å². The first-order valence-electron chi connectivity index (χ1n) is 8.67. The fourth-order valence-corrected chi connectivity index (χ4v) is 2.60. The van der Waals surface area contributed by atoms with E-state index < -0.39 is 0 Å². The molecule has 1 amide bonds. The summed E-state index contributed by atoms with van der Waals surface area (Å²) in [6, 6.07) is 7.20. The van der Waals surface area contributed by atoms with Crippen LogP contribution in [0.5, 0.6) is 11.5 Å². The molecule has 3 aromatic rings. The summed E-state index contributed by atoms with van der Waals surface area (Å²) in [6.45, 7) is 1.01. The van der Waals surface area contributed by atoms with Gasteiger partial charge in [-0.15, -0.1) is 0 Å². The van der Waals surface area contributed by atoms with E-state index in [2.05, 4.69) is 20.3 Å². The zero-order valence-corrected chi connectivity index (χ0v) is 15.7. The van der Waals surface area contributed by atoms with Crippen molar-refractivity contribution in [3.8, 4) is 23.1 Å². The van der Waals surface area contributed by atoms with Crippen LogP contribution in [0.3, 0.4) is 0 Å². The molecule has 0 unspecified atom stereocenters. The molecule has 0 bridgehead atoms. The smallest absolute Gasteiger partial charge is 0.244 e. The average molecular weight is 379 g/mol. The molecule has 0 spiro atoms. The van der Waals surface area contributed by atoms with Gasteiger partial charge in [-0.2, -0.15) is 0 Å². The molecule has 2 heterocycles. The first kappa shape index (κ1) is 19.1. The predicted octanol–water partition coefficient (Wildman–Crippen LogP) is 2.19. The summed E-state index contributed by atoms with van der Waals surface area (Å²) in [5.74, 6) is 2.28. The molecule has 8 heteroatoms. The fourth-order valence-electron chi connectivity index (χ4n) is 2.60. The topological polar surface area (TPSA) is 91.2 Å². The van der Waals surface area contributed by atoms with E-state index in [1.807, 2.05) is 16.8 Å². The van der Waals surface area contributed by atoms with Gasteiger partial charge >= 0.3 is 0 Å². The van der Waals surface area contributed by atoms with Crippen molar-refractivity contribution in [2.75, 3.05) is 20.8 Å². The molecule has 0 aliphatic carbocycles. The number of methoxy groups -OCH3 is 2. The third-order valence-electron chi connectivity index (χ3n) is 3.97. The number of imidazole rings is 1. The second-order valence-corrected chi connectivity index (χ2v) is 5.76. The van der Waals surface area contributed by atoms with Crippen LogP contribution in [0, 0.1) is 0 Å². The van der Waals surface area contributed by atoms with Crippen molar-refractivity contribution >= 4 is 12.0 Å². The number of aromatic nitrogens is 4. The summed E-state index contributed by atoms with van der Waals surface area (Å²) < 4.78 is 12.4. The monoisotopic (exact) mass is 379 g/mol. The van der Waals surface area contributed by atoms with Gasteiger partial charge in [0.1, 0.15) is 0 Å². The van der Waals surface area contributed by atoms with Crippen LogP contribution in [-0.2, 0) is 11.3 Å². The fraction of sp³-hybridized carbons (Fsp3) is 0.200. The maximum atomic E-state index is 12.1. The largest absolute Gasteiger partial charge is 0.493 e. The van der Waals surface area contributed by atoms with Crippen LogP contribution < -0.4 is 14.8 Å². The Kier molecular flexibility index (Phi) is 6.35. The molecule has 1 N–H and O–H groups in total. The summed E-state index contributed by atoms with van der Waals surface area (Å²) in [5, 5.41) is 2.85. The summed E-state index contributed by atoms with van der Waals surface area (Å²) in [7, 11) is 3.15. The number of carbonyl (C=O) groups is 1. The molecule has 2 aromatic heterocycles. The highest BCUT2D eigenvalue weighted by atomic mass is 16.5. The van der Waals surface area contributed by atoms with Gasteiger partial charge in [-0.1, -0.05) is 6.07 Å². The lowest BCUT2D eigenvalue weighted by atomic mass is 10.2. The maximum absolute atomic E-state index is 12.1. The van der Waals surface area contributed by atoms with Crippen molar-refractivity contribution in [1.82, 2.24) is 24.8 Å². The van der Waals surface area contributed by atoms with E-state index in [0.717, 1.165) is 5.56 Å². The summed E-state index contributed by atoms with van der Waals surface area (Å²) in [6.07, 6.45) is 10.1. The Bertz CT molecular complexity index is 953. The third kappa shape index (κ3) is 4.73. The van der Waals surface area contributed by atoms with Gasteiger partial charge in [0, 0.05) is 44.0 Å². The minimum absolute atomic E-state index is 0.188. The number of nitrogens with one attached hydrogen (secondary N) is 1. The first-order chi connectivity index (χ1) is 13.7. The number of carbonyl (C=O) groups excluding carboxylic acids is 1. The van der Waals surface area contributed by atoms with Gasteiger partial charge < -0.3 is 19.4 Å². The Hall–Kier alpha value is -3.68. The molecule has 8 nitrogen and oxygen atoms in total. The van der Waals surface area contributed by atoms with Crippen molar-refractivity contribution in [2.24, 2.45) is 0 Å². The second kappa shape index (κ2) is 9.31. The molecule has 3 rings (SSSR count). The van der Waals surface area contributed by atoms with Crippen LogP contribution >= 0.6 is 0 Å². The normalized spacial score (nSPS) is 10.8. The van der Waals surface area contributed by atoms with Crippen molar-refractivity contribution < 1.29 is 14.3 Å². The number of amides is 1.